The first kappa shape index (κ1) is 11.2. The predicted octanol–water partition coefficient (Wildman–Crippen LogP) is 2.72. The fraction of sp³-hybridized carbons (Fsp3) is 0.250. The number of hydrogen-bond acceptors (Lipinski definition) is 5. The zero-order valence-corrected chi connectivity index (χ0v) is 11.0. The fourth-order valence-corrected chi connectivity index (χ4v) is 2.68. The molecule has 0 saturated carbocycles. The molecule has 6 heteroatoms. The third-order valence-corrected chi connectivity index (χ3v) is 3.64. The van der Waals surface area contributed by atoms with Crippen molar-refractivity contribution in [3.63, 3.8) is 0 Å². The van der Waals surface area contributed by atoms with E-state index in [-0.39, 0.29) is 0 Å². The molecule has 2 heterocycles. The molecule has 0 aliphatic rings. The van der Waals surface area contributed by atoms with Gasteiger partial charge >= 0.3 is 0 Å². The molecule has 3 aromatic rings. The maximum atomic E-state index is 5.71. The summed E-state index contributed by atoms with van der Waals surface area (Å²) in [5, 5.41) is 8.76. The van der Waals surface area contributed by atoms with Crippen molar-refractivity contribution in [1.82, 2.24) is 19.7 Å². The Labute approximate surface area is 108 Å². The molecule has 3 rings (SSSR count). The van der Waals surface area contributed by atoms with Crippen molar-refractivity contribution >= 4 is 26.7 Å². The van der Waals surface area contributed by atoms with Crippen LogP contribution in [0.25, 0.3) is 21.6 Å². The lowest BCUT2D eigenvalue weighted by molar-refractivity contribution is 0.604. The summed E-state index contributed by atoms with van der Waals surface area (Å²) in [6.45, 7) is 4.21. The SMILES string of the molecule is CC(C)n1cnnc1-c1ccc2nc(N)sc2c1. The van der Waals surface area contributed by atoms with Gasteiger partial charge in [0.2, 0.25) is 0 Å². The number of thiazole rings is 1. The summed E-state index contributed by atoms with van der Waals surface area (Å²) >= 11 is 1.49. The van der Waals surface area contributed by atoms with Crippen LogP contribution in [0.3, 0.4) is 0 Å². The Morgan fingerprint density at radius 2 is 2.17 bits per heavy atom. The highest BCUT2D eigenvalue weighted by atomic mass is 32.1. The molecule has 0 aliphatic carbocycles. The third kappa shape index (κ3) is 1.74. The normalized spacial score (nSPS) is 11.5. The molecule has 0 radical (unpaired) electrons. The summed E-state index contributed by atoms with van der Waals surface area (Å²) in [4.78, 5) is 4.25. The highest BCUT2D eigenvalue weighted by molar-refractivity contribution is 7.22. The number of fused-ring (bicyclic) bond motifs is 1. The van der Waals surface area contributed by atoms with Crippen molar-refractivity contribution in [3.8, 4) is 11.4 Å². The van der Waals surface area contributed by atoms with Gasteiger partial charge in [0.1, 0.15) is 6.33 Å². The van der Waals surface area contributed by atoms with Crippen LogP contribution in [0.2, 0.25) is 0 Å². The van der Waals surface area contributed by atoms with Crippen molar-refractivity contribution < 1.29 is 0 Å². The number of nitrogen functional groups attached to an aromatic ring is 1. The Morgan fingerprint density at radius 3 is 2.94 bits per heavy atom. The molecule has 18 heavy (non-hydrogen) atoms. The van der Waals surface area contributed by atoms with Gasteiger partial charge in [0.15, 0.2) is 11.0 Å². The molecule has 0 fully saturated rings. The van der Waals surface area contributed by atoms with Crippen molar-refractivity contribution in [1.29, 1.82) is 0 Å². The topological polar surface area (TPSA) is 69.6 Å². The lowest BCUT2D eigenvalue weighted by Gasteiger charge is -2.09. The van der Waals surface area contributed by atoms with Gasteiger partial charge in [0, 0.05) is 11.6 Å². The predicted molar refractivity (Wildman–Crippen MR) is 73.4 cm³/mol. The van der Waals surface area contributed by atoms with Crippen LogP contribution >= 0.6 is 11.3 Å². The molecule has 0 saturated heterocycles. The molecule has 2 N–H and O–H groups in total. The number of nitrogens with two attached hydrogens (primary N) is 1. The summed E-state index contributed by atoms with van der Waals surface area (Å²) in [5.74, 6) is 0.874. The van der Waals surface area contributed by atoms with Crippen molar-refractivity contribution in [2.45, 2.75) is 19.9 Å². The van der Waals surface area contributed by atoms with E-state index in [1.54, 1.807) is 6.33 Å². The molecule has 0 unspecified atom stereocenters. The molecule has 0 aliphatic heterocycles. The number of anilines is 1. The highest BCUT2D eigenvalue weighted by Crippen LogP contribution is 2.29. The lowest BCUT2D eigenvalue weighted by Crippen LogP contribution is -2.01. The van der Waals surface area contributed by atoms with E-state index in [0.29, 0.717) is 11.2 Å². The zero-order valence-electron chi connectivity index (χ0n) is 10.2. The molecule has 0 spiro atoms. The first-order valence-corrected chi connectivity index (χ1v) is 6.53. The number of hydrogen-bond donors (Lipinski definition) is 1. The van der Waals surface area contributed by atoms with Gasteiger partial charge in [-0.3, -0.25) is 0 Å². The second kappa shape index (κ2) is 4.06. The molecule has 1 aromatic carbocycles. The average molecular weight is 259 g/mol. The Hall–Kier alpha value is -1.95. The van der Waals surface area contributed by atoms with E-state index in [1.165, 1.54) is 11.3 Å². The molecule has 0 amide bonds. The van der Waals surface area contributed by atoms with E-state index >= 15 is 0 Å². The molecule has 0 atom stereocenters. The monoisotopic (exact) mass is 259 g/mol. The van der Waals surface area contributed by atoms with Crippen LogP contribution in [0, 0.1) is 0 Å². The summed E-state index contributed by atoms with van der Waals surface area (Å²) in [5.41, 5.74) is 7.68. The molecule has 2 aromatic heterocycles. The van der Waals surface area contributed by atoms with Gasteiger partial charge in [0.25, 0.3) is 0 Å². The smallest absolute Gasteiger partial charge is 0.181 e. The van der Waals surface area contributed by atoms with Gasteiger partial charge in [-0.1, -0.05) is 11.3 Å². The van der Waals surface area contributed by atoms with Gasteiger partial charge in [0.05, 0.1) is 10.2 Å². The summed E-state index contributed by atoms with van der Waals surface area (Å²) in [7, 11) is 0. The summed E-state index contributed by atoms with van der Waals surface area (Å²) < 4.78 is 3.12. The Morgan fingerprint density at radius 1 is 1.33 bits per heavy atom. The van der Waals surface area contributed by atoms with Crippen LogP contribution < -0.4 is 5.73 Å². The van der Waals surface area contributed by atoms with E-state index in [2.05, 4.69) is 35.1 Å². The highest BCUT2D eigenvalue weighted by Gasteiger charge is 2.11. The maximum Gasteiger partial charge on any atom is 0.181 e. The van der Waals surface area contributed by atoms with Crippen molar-refractivity contribution in [2.75, 3.05) is 5.73 Å². The first-order chi connectivity index (χ1) is 8.65. The second-order valence-electron chi connectivity index (χ2n) is 4.39. The van der Waals surface area contributed by atoms with Gasteiger partial charge in [-0.15, -0.1) is 10.2 Å². The average Bonchev–Trinajstić information content (AvgIpc) is 2.91. The van der Waals surface area contributed by atoms with Crippen LogP contribution in [0.15, 0.2) is 24.5 Å². The van der Waals surface area contributed by atoms with Gasteiger partial charge in [-0.05, 0) is 32.0 Å². The number of benzene rings is 1. The Balaban J connectivity index is 2.16. The molecular weight excluding hydrogens is 246 g/mol. The molecule has 0 bridgehead atoms. The van der Waals surface area contributed by atoms with E-state index < -0.39 is 0 Å². The molecule has 5 nitrogen and oxygen atoms in total. The van der Waals surface area contributed by atoms with Gasteiger partial charge in [-0.25, -0.2) is 4.98 Å². The first-order valence-electron chi connectivity index (χ1n) is 5.71. The van der Waals surface area contributed by atoms with Crippen molar-refractivity contribution in [2.24, 2.45) is 0 Å². The quantitative estimate of drug-likeness (QED) is 0.768. The van der Waals surface area contributed by atoms with Crippen LogP contribution in [0.4, 0.5) is 5.13 Å². The molecular formula is C12H13N5S. The standard InChI is InChI=1S/C12H13N5S/c1-7(2)17-6-14-16-11(17)8-3-4-9-10(5-8)18-12(13)15-9/h3-7H,1-2H3,(H2,13,15). The summed E-state index contributed by atoms with van der Waals surface area (Å²) in [6.07, 6.45) is 1.76. The van der Waals surface area contributed by atoms with Crippen molar-refractivity contribution in [3.05, 3.63) is 24.5 Å². The van der Waals surface area contributed by atoms with Crippen LogP contribution in [-0.2, 0) is 0 Å². The Kier molecular flexibility index (Phi) is 2.52. The van der Waals surface area contributed by atoms with E-state index in [9.17, 15) is 0 Å². The third-order valence-electron chi connectivity index (χ3n) is 2.79. The summed E-state index contributed by atoms with van der Waals surface area (Å²) in [6, 6.07) is 6.37. The minimum Gasteiger partial charge on any atom is -0.375 e. The number of rotatable bonds is 2. The largest absolute Gasteiger partial charge is 0.375 e. The zero-order chi connectivity index (χ0) is 12.7. The second-order valence-corrected chi connectivity index (χ2v) is 5.45. The van der Waals surface area contributed by atoms with Gasteiger partial charge in [-0.2, -0.15) is 0 Å². The van der Waals surface area contributed by atoms with E-state index in [4.69, 9.17) is 5.73 Å². The van der Waals surface area contributed by atoms with Crippen LogP contribution in [0.1, 0.15) is 19.9 Å². The van der Waals surface area contributed by atoms with Crippen LogP contribution in [-0.4, -0.2) is 19.7 Å². The number of aromatic nitrogens is 4. The minimum absolute atomic E-state index is 0.331. The number of nitrogens with zero attached hydrogens (tertiary/aromatic N) is 4. The minimum atomic E-state index is 0.331. The van der Waals surface area contributed by atoms with E-state index in [0.717, 1.165) is 21.6 Å². The van der Waals surface area contributed by atoms with E-state index in [1.807, 2.05) is 16.7 Å². The van der Waals surface area contributed by atoms with Gasteiger partial charge < -0.3 is 10.3 Å². The maximum absolute atomic E-state index is 5.71. The fourth-order valence-electron chi connectivity index (χ4n) is 1.91. The Bertz CT molecular complexity index is 697. The van der Waals surface area contributed by atoms with Crippen LogP contribution in [0.5, 0.6) is 0 Å². The lowest BCUT2D eigenvalue weighted by atomic mass is 10.2. The molecule has 92 valence electrons.